The summed E-state index contributed by atoms with van der Waals surface area (Å²) in [5.41, 5.74) is 2.20. The van der Waals surface area contributed by atoms with Crippen molar-refractivity contribution in [1.29, 1.82) is 0 Å². The first-order valence-corrected chi connectivity index (χ1v) is 12.8. The van der Waals surface area contributed by atoms with Gasteiger partial charge in [0.1, 0.15) is 18.1 Å². The fraction of sp³-hybridized carbons (Fsp3) is 0.310. The van der Waals surface area contributed by atoms with Crippen molar-refractivity contribution in [3.05, 3.63) is 84.2 Å². The van der Waals surface area contributed by atoms with Crippen molar-refractivity contribution >= 4 is 34.5 Å². The van der Waals surface area contributed by atoms with Gasteiger partial charge in [0.2, 0.25) is 11.8 Å². The van der Waals surface area contributed by atoms with Crippen LogP contribution in [-0.2, 0) is 20.9 Å². The van der Waals surface area contributed by atoms with Crippen LogP contribution in [0.4, 0.5) is 5.69 Å². The van der Waals surface area contributed by atoms with E-state index in [-0.39, 0.29) is 25.0 Å². The Kier molecular flexibility index (Phi) is 8.33. The third kappa shape index (κ3) is 6.28. The quantitative estimate of drug-likeness (QED) is 0.308. The van der Waals surface area contributed by atoms with Crippen LogP contribution in [0, 0.1) is 0 Å². The van der Waals surface area contributed by atoms with Crippen molar-refractivity contribution < 1.29 is 19.1 Å². The first-order chi connectivity index (χ1) is 18.7. The van der Waals surface area contributed by atoms with Crippen LogP contribution in [0.2, 0.25) is 0 Å². The molecule has 0 saturated heterocycles. The van der Waals surface area contributed by atoms with Crippen molar-refractivity contribution in [3.8, 4) is 0 Å². The highest BCUT2D eigenvalue weighted by molar-refractivity contribution is 6.02. The molecule has 39 heavy (non-hydrogen) atoms. The molecule has 2 amide bonds. The molecule has 10 heteroatoms. The highest BCUT2D eigenvalue weighted by Crippen LogP contribution is 2.30. The number of para-hydroxylation sites is 1. The Hall–Kier alpha value is -4.60. The minimum Gasteiger partial charge on any atom is -0.462 e. The van der Waals surface area contributed by atoms with Gasteiger partial charge in [-0.2, -0.15) is 0 Å². The summed E-state index contributed by atoms with van der Waals surface area (Å²) in [6.45, 7) is 7.65. The van der Waals surface area contributed by atoms with Crippen molar-refractivity contribution in [2.75, 3.05) is 11.5 Å². The van der Waals surface area contributed by atoms with Gasteiger partial charge in [-0.15, -0.1) is 5.10 Å². The summed E-state index contributed by atoms with van der Waals surface area (Å²) in [6.07, 6.45) is 3.85. The van der Waals surface area contributed by atoms with Crippen molar-refractivity contribution in [3.63, 3.8) is 0 Å². The zero-order valence-corrected chi connectivity index (χ0v) is 22.5. The van der Waals surface area contributed by atoms with Crippen LogP contribution in [0.1, 0.15) is 56.1 Å². The molecule has 1 unspecified atom stereocenters. The summed E-state index contributed by atoms with van der Waals surface area (Å²) in [5.74, 6) is -1.20. The number of esters is 1. The van der Waals surface area contributed by atoms with Crippen LogP contribution in [0.3, 0.4) is 0 Å². The number of benzene rings is 2. The number of aromatic nitrogens is 4. The second-order valence-corrected chi connectivity index (χ2v) is 9.68. The number of hydrogen-bond acceptors (Lipinski definition) is 7. The maximum Gasteiger partial charge on any atom is 0.338 e. The molecule has 0 aliphatic heterocycles. The standard InChI is InChI=1S/C29H32N6O4/c1-5-29(3,4)31-27(37)26(20-15-17-30-18-16-20)35(22-13-11-21(12-14-22)28(38)39-6-2)25(36)19-34-24-10-8-7-9-23(24)32-33-34/h7-18,26H,5-6,19H2,1-4H3,(H,31,37). The molecule has 2 aromatic heterocycles. The molecule has 4 rings (SSSR count). The Morgan fingerprint density at radius 3 is 2.36 bits per heavy atom. The number of hydrogen-bond donors (Lipinski definition) is 1. The Morgan fingerprint density at radius 2 is 1.69 bits per heavy atom. The van der Waals surface area contributed by atoms with Gasteiger partial charge in [-0.05, 0) is 81.3 Å². The largest absolute Gasteiger partial charge is 0.462 e. The van der Waals surface area contributed by atoms with Gasteiger partial charge in [0, 0.05) is 23.6 Å². The first kappa shape index (κ1) is 27.4. The highest BCUT2D eigenvalue weighted by atomic mass is 16.5. The molecule has 0 radical (unpaired) electrons. The lowest BCUT2D eigenvalue weighted by Crippen LogP contribution is -2.51. The molecule has 2 heterocycles. The Morgan fingerprint density at radius 1 is 1.00 bits per heavy atom. The molecular weight excluding hydrogens is 496 g/mol. The number of carbonyl (C=O) groups is 3. The molecule has 2 aromatic carbocycles. The molecule has 202 valence electrons. The average Bonchev–Trinajstić information content (AvgIpc) is 3.34. The second kappa shape index (κ2) is 11.8. The predicted octanol–water partition coefficient (Wildman–Crippen LogP) is 4.08. The van der Waals surface area contributed by atoms with Crippen LogP contribution in [-0.4, -0.2) is 49.9 Å². The van der Waals surface area contributed by atoms with E-state index in [0.717, 1.165) is 0 Å². The summed E-state index contributed by atoms with van der Waals surface area (Å²) in [5, 5.41) is 11.4. The van der Waals surface area contributed by atoms with Crippen LogP contribution in [0.15, 0.2) is 73.1 Å². The van der Waals surface area contributed by atoms with Crippen LogP contribution < -0.4 is 10.2 Å². The van der Waals surface area contributed by atoms with E-state index < -0.39 is 17.6 Å². The van der Waals surface area contributed by atoms with Crippen LogP contribution in [0.25, 0.3) is 11.0 Å². The Labute approximate surface area is 227 Å². The number of ether oxygens (including phenoxy) is 1. The van der Waals surface area contributed by atoms with Gasteiger partial charge in [-0.1, -0.05) is 24.3 Å². The normalized spacial score (nSPS) is 12.1. The van der Waals surface area contributed by atoms with Gasteiger partial charge >= 0.3 is 5.97 Å². The number of carbonyl (C=O) groups excluding carboxylic acids is 3. The summed E-state index contributed by atoms with van der Waals surface area (Å²) in [4.78, 5) is 45.7. The average molecular weight is 529 g/mol. The van der Waals surface area contributed by atoms with Gasteiger partial charge in [0.25, 0.3) is 0 Å². The van der Waals surface area contributed by atoms with E-state index in [0.29, 0.717) is 34.3 Å². The van der Waals surface area contributed by atoms with E-state index >= 15 is 0 Å². The van der Waals surface area contributed by atoms with Gasteiger partial charge in [-0.25, -0.2) is 9.48 Å². The maximum absolute atomic E-state index is 14.1. The van der Waals surface area contributed by atoms with E-state index in [1.807, 2.05) is 45.0 Å². The lowest BCUT2D eigenvalue weighted by Gasteiger charge is -2.34. The minimum atomic E-state index is -1.02. The summed E-state index contributed by atoms with van der Waals surface area (Å²) >= 11 is 0. The van der Waals surface area contributed by atoms with E-state index in [2.05, 4.69) is 20.6 Å². The van der Waals surface area contributed by atoms with Crippen molar-refractivity contribution in [1.82, 2.24) is 25.3 Å². The van der Waals surface area contributed by atoms with Crippen molar-refractivity contribution in [2.45, 2.75) is 52.2 Å². The van der Waals surface area contributed by atoms with E-state index in [9.17, 15) is 14.4 Å². The lowest BCUT2D eigenvalue weighted by molar-refractivity contribution is -0.128. The molecule has 0 aliphatic carbocycles. The number of pyridine rings is 1. The fourth-order valence-electron chi connectivity index (χ4n) is 4.10. The summed E-state index contributed by atoms with van der Waals surface area (Å²) < 4.78 is 6.61. The predicted molar refractivity (Wildman–Crippen MR) is 147 cm³/mol. The molecule has 4 aromatic rings. The Balaban J connectivity index is 1.80. The molecule has 0 aliphatic rings. The molecule has 1 atom stereocenters. The van der Waals surface area contributed by atoms with E-state index in [1.165, 1.54) is 9.58 Å². The first-order valence-electron chi connectivity index (χ1n) is 12.8. The zero-order valence-electron chi connectivity index (χ0n) is 22.5. The van der Waals surface area contributed by atoms with E-state index in [4.69, 9.17) is 4.74 Å². The van der Waals surface area contributed by atoms with Gasteiger partial charge < -0.3 is 10.1 Å². The number of anilines is 1. The lowest BCUT2D eigenvalue weighted by atomic mass is 9.98. The van der Waals surface area contributed by atoms with Crippen molar-refractivity contribution in [2.24, 2.45) is 0 Å². The number of rotatable bonds is 10. The number of amides is 2. The van der Waals surface area contributed by atoms with Crippen LogP contribution >= 0.6 is 0 Å². The van der Waals surface area contributed by atoms with Gasteiger partial charge in [-0.3, -0.25) is 19.5 Å². The molecule has 0 saturated carbocycles. The van der Waals surface area contributed by atoms with Gasteiger partial charge in [0.05, 0.1) is 17.7 Å². The topological polar surface area (TPSA) is 119 Å². The number of nitrogens with zero attached hydrogens (tertiary/aromatic N) is 5. The molecule has 10 nitrogen and oxygen atoms in total. The number of fused-ring (bicyclic) bond motifs is 1. The Bertz CT molecular complexity index is 1450. The molecule has 0 fully saturated rings. The summed E-state index contributed by atoms with van der Waals surface area (Å²) in [6, 6.07) is 16.2. The molecule has 0 bridgehead atoms. The third-order valence-corrected chi connectivity index (χ3v) is 6.50. The minimum absolute atomic E-state index is 0.161. The van der Waals surface area contributed by atoms with Crippen LogP contribution in [0.5, 0.6) is 0 Å². The third-order valence-electron chi connectivity index (χ3n) is 6.50. The highest BCUT2D eigenvalue weighted by Gasteiger charge is 2.35. The molecule has 0 spiro atoms. The maximum atomic E-state index is 14.1. The zero-order chi connectivity index (χ0) is 28.0. The number of nitrogens with one attached hydrogen (secondary N) is 1. The molecule has 1 N–H and O–H groups in total. The SMILES string of the molecule is CCOC(=O)c1ccc(N(C(=O)Cn2nnc3ccccc32)C(C(=O)NC(C)(C)CC)c2ccncc2)cc1. The van der Waals surface area contributed by atoms with E-state index in [1.54, 1.807) is 55.7 Å². The summed E-state index contributed by atoms with van der Waals surface area (Å²) in [7, 11) is 0. The monoisotopic (exact) mass is 528 g/mol. The second-order valence-electron chi connectivity index (χ2n) is 9.68. The smallest absolute Gasteiger partial charge is 0.338 e. The van der Waals surface area contributed by atoms with Gasteiger partial charge in [0.15, 0.2) is 0 Å². The molecular formula is C29H32N6O4. The fourth-order valence-corrected chi connectivity index (χ4v) is 4.10.